The molecule has 2 unspecified atom stereocenters. The van der Waals surface area contributed by atoms with Crippen LogP contribution < -0.4 is 11.5 Å². The lowest BCUT2D eigenvalue weighted by atomic mass is 10.0. The van der Waals surface area contributed by atoms with Gasteiger partial charge in [0.25, 0.3) is 0 Å². The summed E-state index contributed by atoms with van der Waals surface area (Å²) in [7, 11) is 0. The molecular weight excluding hydrogens is 182 g/mol. The van der Waals surface area contributed by atoms with E-state index >= 15 is 0 Å². The van der Waals surface area contributed by atoms with Crippen LogP contribution >= 0.6 is 0 Å². The van der Waals surface area contributed by atoms with Gasteiger partial charge in [-0.1, -0.05) is 6.92 Å². The van der Waals surface area contributed by atoms with Gasteiger partial charge in [-0.25, -0.2) is 0 Å². The summed E-state index contributed by atoms with van der Waals surface area (Å²) in [5.41, 5.74) is 10.8. The number of amides is 2. The highest BCUT2D eigenvalue weighted by Crippen LogP contribution is 2.18. The second-order valence-electron chi connectivity index (χ2n) is 3.67. The Morgan fingerprint density at radius 1 is 1.57 bits per heavy atom. The molecule has 2 amide bonds. The Hall–Kier alpha value is -1.10. The van der Waals surface area contributed by atoms with E-state index in [2.05, 4.69) is 0 Å². The highest BCUT2D eigenvalue weighted by Gasteiger charge is 2.36. The Labute approximate surface area is 83.4 Å². The van der Waals surface area contributed by atoms with Crippen molar-refractivity contribution in [1.82, 2.24) is 4.90 Å². The Morgan fingerprint density at radius 2 is 2.21 bits per heavy atom. The van der Waals surface area contributed by atoms with Gasteiger partial charge in [0.1, 0.15) is 6.04 Å². The topological polar surface area (TPSA) is 89.4 Å². The van der Waals surface area contributed by atoms with Crippen LogP contribution in [0.4, 0.5) is 0 Å². The van der Waals surface area contributed by atoms with Crippen molar-refractivity contribution in [1.29, 1.82) is 0 Å². The van der Waals surface area contributed by atoms with Crippen molar-refractivity contribution in [2.75, 3.05) is 6.54 Å². The molecule has 0 saturated carbocycles. The fourth-order valence-corrected chi connectivity index (χ4v) is 1.47. The number of nitrogens with zero attached hydrogens (tertiary/aromatic N) is 1. The summed E-state index contributed by atoms with van der Waals surface area (Å²) in [4.78, 5) is 23.9. The molecule has 1 rings (SSSR count). The van der Waals surface area contributed by atoms with Gasteiger partial charge in [0.05, 0.1) is 0 Å². The molecule has 0 bridgehead atoms. The molecule has 1 aliphatic rings. The molecule has 2 atom stereocenters. The van der Waals surface area contributed by atoms with Crippen molar-refractivity contribution in [2.45, 2.75) is 38.3 Å². The van der Waals surface area contributed by atoms with Gasteiger partial charge in [-0.3, -0.25) is 9.59 Å². The van der Waals surface area contributed by atoms with Gasteiger partial charge in [0, 0.05) is 19.0 Å². The van der Waals surface area contributed by atoms with Crippen molar-refractivity contribution >= 4 is 11.8 Å². The largest absolute Gasteiger partial charge is 0.368 e. The average molecular weight is 199 g/mol. The quantitative estimate of drug-likeness (QED) is 0.621. The molecule has 14 heavy (non-hydrogen) atoms. The lowest BCUT2D eigenvalue weighted by Gasteiger charge is -2.39. The Kier molecular flexibility index (Phi) is 3.46. The minimum absolute atomic E-state index is 0.0607. The number of hydrogen-bond acceptors (Lipinski definition) is 3. The van der Waals surface area contributed by atoms with Crippen LogP contribution in [0.2, 0.25) is 0 Å². The molecule has 1 fully saturated rings. The summed E-state index contributed by atoms with van der Waals surface area (Å²) in [5, 5.41) is 0. The summed E-state index contributed by atoms with van der Waals surface area (Å²) >= 11 is 0. The van der Waals surface area contributed by atoms with Crippen LogP contribution in [0.15, 0.2) is 0 Å². The SMILES string of the molecule is CCC(N)CC(=O)N1CCC1C(N)=O. The molecule has 0 radical (unpaired) electrons. The van der Waals surface area contributed by atoms with Gasteiger partial charge in [0.2, 0.25) is 11.8 Å². The summed E-state index contributed by atoms with van der Waals surface area (Å²) in [5.74, 6) is -0.482. The standard InChI is InChI=1S/C9H17N3O2/c1-2-6(10)5-8(13)12-4-3-7(12)9(11)14/h6-7H,2-5,10H2,1H3,(H2,11,14). The number of primary amides is 1. The summed E-state index contributed by atoms with van der Waals surface area (Å²) < 4.78 is 0. The maximum Gasteiger partial charge on any atom is 0.240 e. The van der Waals surface area contributed by atoms with Crippen LogP contribution in [-0.2, 0) is 9.59 Å². The predicted octanol–water partition coefficient (Wildman–Crippen LogP) is -0.800. The van der Waals surface area contributed by atoms with Gasteiger partial charge >= 0.3 is 0 Å². The number of carbonyl (C=O) groups excluding carboxylic acids is 2. The first-order valence-electron chi connectivity index (χ1n) is 4.90. The van der Waals surface area contributed by atoms with E-state index in [1.165, 1.54) is 4.90 Å². The summed E-state index contributed by atoms with van der Waals surface area (Å²) in [6.07, 6.45) is 1.75. The third kappa shape index (κ3) is 2.23. The minimum atomic E-state index is -0.422. The molecule has 0 aliphatic carbocycles. The van der Waals surface area contributed by atoms with Gasteiger partial charge < -0.3 is 16.4 Å². The van der Waals surface area contributed by atoms with Gasteiger partial charge in [-0.2, -0.15) is 0 Å². The van der Waals surface area contributed by atoms with Crippen LogP contribution in [0.5, 0.6) is 0 Å². The number of hydrogen-bond donors (Lipinski definition) is 2. The number of carbonyl (C=O) groups is 2. The first kappa shape index (κ1) is 11.0. The summed E-state index contributed by atoms with van der Waals surface area (Å²) in [6.45, 7) is 2.56. The first-order valence-corrected chi connectivity index (χ1v) is 4.90. The zero-order valence-corrected chi connectivity index (χ0v) is 8.40. The van der Waals surface area contributed by atoms with Gasteiger partial charge in [-0.15, -0.1) is 0 Å². The first-order chi connectivity index (χ1) is 6.56. The van der Waals surface area contributed by atoms with E-state index in [0.717, 1.165) is 6.42 Å². The minimum Gasteiger partial charge on any atom is -0.368 e. The fourth-order valence-electron chi connectivity index (χ4n) is 1.47. The second kappa shape index (κ2) is 4.41. The van der Waals surface area contributed by atoms with Crippen LogP contribution in [0.3, 0.4) is 0 Å². The molecule has 5 heteroatoms. The molecule has 0 aromatic rings. The molecule has 0 spiro atoms. The molecule has 1 saturated heterocycles. The molecule has 5 nitrogen and oxygen atoms in total. The van der Waals surface area contributed by atoms with Crippen LogP contribution in [-0.4, -0.2) is 35.3 Å². The second-order valence-corrected chi connectivity index (χ2v) is 3.67. The van der Waals surface area contributed by atoms with E-state index in [9.17, 15) is 9.59 Å². The van der Waals surface area contributed by atoms with Crippen molar-refractivity contribution < 1.29 is 9.59 Å². The Morgan fingerprint density at radius 3 is 2.57 bits per heavy atom. The third-order valence-corrected chi connectivity index (χ3v) is 2.63. The number of likely N-dealkylation sites (tertiary alicyclic amines) is 1. The monoisotopic (exact) mass is 199 g/mol. The molecule has 80 valence electrons. The Bertz CT molecular complexity index is 242. The molecule has 0 aromatic carbocycles. The third-order valence-electron chi connectivity index (χ3n) is 2.63. The fraction of sp³-hybridized carbons (Fsp3) is 0.778. The van der Waals surface area contributed by atoms with E-state index in [1.807, 2.05) is 6.92 Å². The van der Waals surface area contributed by atoms with Crippen LogP contribution in [0, 0.1) is 0 Å². The molecule has 0 aromatic heterocycles. The van der Waals surface area contributed by atoms with E-state index in [-0.39, 0.29) is 11.9 Å². The van der Waals surface area contributed by atoms with Crippen molar-refractivity contribution in [2.24, 2.45) is 11.5 Å². The highest BCUT2D eigenvalue weighted by molar-refractivity contribution is 5.88. The smallest absolute Gasteiger partial charge is 0.240 e. The van der Waals surface area contributed by atoms with E-state index in [4.69, 9.17) is 11.5 Å². The van der Waals surface area contributed by atoms with E-state index in [1.54, 1.807) is 0 Å². The molecular formula is C9H17N3O2. The summed E-state index contributed by atoms with van der Waals surface area (Å²) in [6, 6.07) is -0.511. The number of nitrogens with two attached hydrogens (primary N) is 2. The van der Waals surface area contributed by atoms with Crippen LogP contribution in [0.1, 0.15) is 26.2 Å². The van der Waals surface area contributed by atoms with E-state index < -0.39 is 11.9 Å². The highest BCUT2D eigenvalue weighted by atomic mass is 16.2. The molecule has 1 aliphatic heterocycles. The predicted molar refractivity (Wildman–Crippen MR) is 52.2 cm³/mol. The lowest BCUT2D eigenvalue weighted by molar-refractivity contribution is -0.146. The maximum absolute atomic E-state index is 11.5. The van der Waals surface area contributed by atoms with Crippen molar-refractivity contribution in [3.63, 3.8) is 0 Å². The average Bonchev–Trinajstić information content (AvgIpc) is 2.00. The van der Waals surface area contributed by atoms with Crippen molar-refractivity contribution in [3.05, 3.63) is 0 Å². The molecule has 1 heterocycles. The van der Waals surface area contributed by atoms with Crippen molar-refractivity contribution in [3.8, 4) is 0 Å². The van der Waals surface area contributed by atoms with Gasteiger partial charge in [0.15, 0.2) is 0 Å². The van der Waals surface area contributed by atoms with Crippen LogP contribution in [0.25, 0.3) is 0 Å². The Balaban J connectivity index is 2.42. The zero-order valence-electron chi connectivity index (χ0n) is 8.40. The zero-order chi connectivity index (χ0) is 10.7. The lowest BCUT2D eigenvalue weighted by Crippen LogP contribution is -2.57. The molecule has 4 N–H and O–H groups in total. The number of rotatable bonds is 4. The van der Waals surface area contributed by atoms with E-state index in [0.29, 0.717) is 19.4 Å². The normalized spacial score (nSPS) is 22.7. The van der Waals surface area contributed by atoms with Gasteiger partial charge in [-0.05, 0) is 12.8 Å². The maximum atomic E-state index is 11.5.